The Morgan fingerprint density at radius 3 is 2.49 bits per heavy atom. The lowest BCUT2D eigenvalue weighted by Gasteiger charge is -2.43. The number of aromatic hydroxyl groups is 1. The number of para-hydroxylation sites is 2. The van der Waals surface area contributed by atoms with Crippen LogP contribution in [-0.4, -0.2) is 41.8 Å². The highest BCUT2D eigenvalue weighted by molar-refractivity contribution is 6.43. The smallest absolute Gasteiger partial charge is 0.455 e. The zero-order valence-corrected chi connectivity index (χ0v) is 24.6. The number of fused-ring (bicyclic) bond motifs is 3. The first-order chi connectivity index (χ1) is 20.8. The second kappa shape index (κ2) is 12.4. The van der Waals surface area contributed by atoms with Gasteiger partial charge in [-0.2, -0.15) is 0 Å². The summed E-state index contributed by atoms with van der Waals surface area (Å²) >= 11 is 6.32. The van der Waals surface area contributed by atoms with E-state index in [9.17, 15) is 19.7 Å². The molecule has 2 N–H and O–H groups in total. The quantitative estimate of drug-likeness (QED) is 0.180. The van der Waals surface area contributed by atoms with E-state index >= 15 is 0 Å². The molecule has 2 fully saturated rings. The third-order valence-electron chi connectivity index (χ3n) is 8.67. The van der Waals surface area contributed by atoms with Gasteiger partial charge in [-0.15, -0.1) is 0 Å². The van der Waals surface area contributed by atoms with Crippen molar-refractivity contribution in [3.05, 3.63) is 106 Å². The van der Waals surface area contributed by atoms with Crippen LogP contribution in [0.15, 0.2) is 95.6 Å². The third kappa shape index (κ3) is 6.00. The summed E-state index contributed by atoms with van der Waals surface area (Å²) in [6.45, 7) is 2.27. The van der Waals surface area contributed by atoms with Crippen LogP contribution >= 0.6 is 11.6 Å². The number of hydrogen-bond donors (Lipinski definition) is 2. The number of ether oxygens (including phenoxy) is 1. The van der Waals surface area contributed by atoms with Crippen LogP contribution in [0.4, 0.5) is 5.69 Å². The molecular weight excluding hydrogens is 565 g/mol. The zero-order valence-electron chi connectivity index (χ0n) is 23.9. The van der Waals surface area contributed by atoms with E-state index in [0.717, 1.165) is 22.3 Å². The molecule has 9 heteroatoms. The van der Waals surface area contributed by atoms with Gasteiger partial charge in [0.25, 0.3) is 0 Å². The Labute approximate surface area is 256 Å². The number of nitrogens with zero attached hydrogens (tertiary/aromatic N) is 1. The summed E-state index contributed by atoms with van der Waals surface area (Å²) in [4.78, 5) is 29.0. The van der Waals surface area contributed by atoms with Crippen molar-refractivity contribution < 1.29 is 29.1 Å². The van der Waals surface area contributed by atoms with Crippen molar-refractivity contribution in [2.45, 2.75) is 38.6 Å². The molecule has 2 saturated heterocycles. The van der Waals surface area contributed by atoms with Crippen molar-refractivity contribution >= 4 is 42.3 Å². The van der Waals surface area contributed by atoms with Crippen LogP contribution in [0.2, 0.25) is 11.3 Å². The van der Waals surface area contributed by atoms with Crippen LogP contribution in [0.1, 0.15) is 31.7 Å². The molecule has 2 amide bonds. The molecule has 2 heterocycles. The van der Waals surface area contributed by atoms with Crippen LogP contribution < -0.4 is 9.64 Å². The van der Waals surface area contributed by atoms with E-state index in [-0.39, 0.29) is 36.4 Å². The van der Waals surface area contributed by atoms with E-state index in [1.54, 1.807) is 24.3 Å². The van der Waals surface area contributed by atoms with Gasteiger partial charge in [0.1, 0.15) is 18.1 Å². The van der Waals surface area contributed by atoms with Crippen molar-refractivity contribution in [3.63, 3.8) is 0 Å². The lowest BCUT2D eigenvalue weighted by atomic mass is 9.58. The predicted molar refractivity (Wildman–Crippen MR) is 167 cm³/mol. The van der Waals surface area contributed by atoms with Gasteiger partial charge in [0.15, 0.2) is 0 Å². The van der Waals surface area contributed by atoms with E-state index in [4.69, 9.17) is 21.0 Å². The van der Waals surface area contributed by atoms with E-state index in [1.165, 1.54) is 11.0 Å². The standard InChI is InChI=1S/C34H33BClNO6/c1-21(16-22-13-14-25(38)18-29(22)36)12-15-30-31-23(20-42-26-10-6-3-7-11-26)17-27-32(28(31)19-35(41)43-30)34(40)37(33(27)39)24-8-4-2-5-9-24/h2-11,13-14,16,18,27-28,30,32,38,41H,12,15,17,19-20H2,1H3/b21-16+/t27-,28+,30-,32-/m1/s1. The Balaban J connectivity index is 1.31. The van der Waals surface area contributed by atoms with Gasteiger partial charge in [-0.25, -0.2) is 0 Å². The molecule has 2 aliphatic heterocycles. The van der Waals surface area contributed by atoms with Gasteiger partial charge in [-0.1, -0.05) is 59.6 Å². The van der Waals surface area contributed by atoms with Gasteiger partial charge in [-0.3, -0.25) is 14.5 Å². The lowest BCUT2D eigenvalue weighted by molar-refractivity contribution is -0.122. The number of phenolic OH excluding ortho intramolecular Hbond substituents is 1. The second-order valence-corrected chi connectivity index (χ2v) is 11.9. The first-order valence-corrected chi connectivity index (χ1v) is 15.0. The Kier molecular flexibility index (Phi) is 8.44. The Bertz CT molecular complexity index is 1580. The summed E-state index contributed by atoms with van der Waals surface area (Å²) in [5, 5.41) is 21.0. The number of carbonyl (C=O) groups is 2. The monoisotopic (exact) mass is 597 g/mol. The molecule has 3 aromatic carbocycles. The van der Waals surface area contributed by atoms with Gasteiger partial charge in [0, 0.05) is 0 Å². The number of benzene rings is 3. The summed E-state index contributed by atoms with van der Waals surface area (Å²) in [6.07, 6.45) is 3.37. The normalized spacial score (nSPS) is 23.8. The molecule has 6 rings (SSSR count). The van der Waals surface area contributed by atoms with Gasteiger partial charge in [0.05, 0.1) is 28.6 Å². The van der Waals surface area contributed by atoms with E-state index in [1.807, 2.05) is 61.5 Å². The molecule has 0 saturated carbocycles. The van der Waals surface area contributed by atoms with Crippen LogP contribution in [0.3, 0.4) is 0 Å². The molecule has 0 unspecified atom stereocenters. The van der Waals surface area contributed by atoms with Gasteiger partial charge in [0.2, 0.25) is 11.8 Å². The first-order valence-electron chi connectivity index (χ1n) is 14.6. The largest absolute Gasteiger partial charge is 0.508 e. The maximum absolute atomic E-state index is 13.9. The first kappa shape index (κ1) is 29.2. The highest BCUT2D eigenvalue weighted by atomic mass is 35.5. The van der Waals surface area contributed by atoms with Crippen LogP contribution in [0.25, 0.3) is 6.08 Å². The van der Waals surface area contributed by atoms with E-state index < -0.39 is 25.1 Å². The Morgan fingerprint density at radius 1 is 1.05 bits per heavy atom. The fourth-order valence-corrected chi connectivity index (χ4v) is 6.97. The average molecular weight is 598 g/mol. The van der Waals surface area contributed by atoms with Crippen molar-refractivity contribution in [1.29, 1.82) is 0 Å². The summed E-state index contributed by atoms with van der Waals surface area (Å²) in [6, 6.07) is 23.4. The number of phenols is 1. The highest BCUT2D eigenvalue weighted by Crippen LogP contribution is 2.51. The molecule has 43 heavy (non-hydrogen) atoms. The average Bonchev–Trinajstić information content (AvgIpc) is 3.26. The highest BCUT2D eigenvalue weighted by Gasteiger charge is 2.57. The minimum Gasteiger partial charge on any atom is -0.508 e. The zero-order chi connectivity index (χ0) is 30.1. The number of carbonyl (C=O) groups excluding carboxylic acids is 2. The van der Waals surface area contributed by atoms with E-state index in [2.05, 4.69) is 0 Å². The molecule has 3 aromatic rings. The molecular formula is C34H33BClNO6. The maximum Gasteiger partial charge on any atom is 0.455 e. The third-order valence-corrected chi connectivity index (χ3v) is 8.99. The SMILES string of the molecule is C/C(=C\c1ccc(O)cc1Cl)CC[C@H]1OB(O)C[C@H]2C1=C(COc1ccccc1)C[C@H]1C(=O)N(c3ccccc3)C(=O)[C@H]12. The van der Waals surface area contributed by atoms with Crippen LogP contribution in [0.5, 0.6) is 11.5 Å². The van der Waals surface area contributed by atoms with Crippen LogP contribution in [0, 0.1) is 17.8 Å². The molecule has 0 bridgehead atoms. The van der Waals surface area contributed by atoms with Crippen LogP contribution in [-0.2, 0) is 14.2 Å². The molecule has 0 aromatic heterocycles. The molecule has 4 atom stereocenters. The molecule has 0 spiro atoms. The molecule has 7 nitrogen and oxygen atoms in total. The van der Waals surface area contributed by atoms with Crippen molar-refractivity contribution in [3.8, 4) is 11.5 Å². The number of halogens is 1. The van der Waals surface area contributed by atoms with Crippen molar-refractivity contribution in [2.24, 2.45) is 17.8 Å². The fourth-order valence-electron chi connectivity index (χ4n) is 6.74. The minimum atomic E-state index is -1.06. The lowest BCUT2D eigenvalue weighted by Crippen LogP contribution is -2.46. The number of allylic oxidation sites excluding steroid dienone is 1. The summed E-state index contributed by atoms with van der Waals surface area (Å²) < 4.78 is 12.3. The van der Waals surface area contributed by atoms with Crippen molar-refractivity contribution in [1.82, 2.24) is 0 Å². The molecule has 1 aliphatic carbocycles. The number of rotatable bonds is 8. The number of anilines is 1. The van der Waals surface area contributed by atoms with Gasteiger partial charge < -0.3 is 19.5 Å². The fraction of sp³-hybridized carbons (Fsp3) is 0.294. The molecule has 3 aliphatic rings. The molecule has 0 radical (unpaired) electrons. The van der Waals surface area contributed by atoms with Crippen molar-refractivity contribution in [2.75, 3.05) is 11.5 Å². The number of imide groups is 1. The maximum atomic E-state index is 13.9. The summed E-state index contributed by atoms with van der Waals surface area (Å²) in [5.41, 5.74) is 4.33. The Morgan fingerprint density at radius 2 is 1.77 bits per heavy atom. The molecule has 220 valence electrons. The number of hydrogen-bond acceptors (Lipinski definition) is 6. The van der Waals surface area contributed by atoms with E-state index in [0.29, 0.717) is 35.7 Å². The topological polar surface area (TPSA) is 96.3 Å². The Hall–Kier alpha value is -3.85. The summed E-state index contributed by atoms with van der Waals surface area (Å²) in [7, 11) is -1.06. The van der Waals surface area contributed by atoms with Gasteiger partial charge in [-0.05, 0) is 97.6 Å². The van der Waals surface area contributed by atoms with Gasteiger partial charge >= 0.3 is 7.12 Å². The minimum absolute atomic E-state index is 0.106. The second-order valence-electron chi connectivity index (χ2n) is 11.5. The summed E-state index contributed by atoms with van der Waals surface area (Å²) in [5.74, 6) is -1.06. The number of amides is 2. The predicted octanol–water partition coefficient (Wildman–Crippen LogP) is 6.31.